The standard InChI is InChI=1S/C32H31BO2/c1-20-11-7-8-12-23(20)27-19-30-26-16-15-22(33-34-31(3,4)32(5,6)35-33)18-29(26)25-14-10-9-13-24(25)28(30)17-21(27)2/h7-19H,1-6H3. The van der Waals surface area contributed by atoms with Crippen LogP contribution in [-0.4, -0.2) is 18.3 Å². The van der Waals surface area contributed by atoms with Gasteiger partial charge in [0.05, 0.1) is 11.2 Å². The van der Waals surface area contributed by atoms with Crippen molar-refractivity contribution in [1.29, 1.82) is 0 Å². The van der Waals surface area contributed by atoms with Gasteiger partial charge in [0.2, 0.25) is 0 Å². The van der Waals surface area contributed by atoms with Crippen molar-refractivity contribution in [2.75, 3.05) is 0 Å². The second kappa shape index (κ2) is 7.68. The fourth-order valence-corrected chi connectivity index (χ4v) is 5.42. The van der Waals surface area contributed by atoms with Crippen molar-refractivity contribution in [1.82, 2.24) is 0 Å². The Labute approximate surface area is 208 Å². The number of aryl methyl sites for hydroxylation is 2. The molecule has 6 rings (SSSR count). The van der Waals surface area contributed by atoms with Crippen LogP contribution in [0.3, 0.4) is 0 Å². The third-order valence-electron chi connectivity index (χ3n) is 8.17. The largest absolute Gasteiger partial charge is 0.494 e. The molecule has 5 aromatic rings. The van der Waals surface area contributed by atoms with Crippen LogP contribution in [0.4, 0.5) is 0 Å². The summed E-state index contributed by atoms with van der Waals surface area (Å²) in [5, 5.41) is 7.61. The van der Waals surface area contributed by atoms with Gasteiger partial charge in [-0.15, -0.1) is 0 Å². The van der Waals surface area contributed by atoms with E-state index in [9.17, 15) is 0 Å². The van der Waals surface area contributed by atoms with Crippen molar-refractivity contribution < 1.29 is 9.31 Å². The Morgan fingerprint density at radius 3 is 1.71 bits per heavy atom. The topological polar surface area (TPSA) is 18.5 Å². The molecule has 2 nitrogen and oxygen atoms in total. The van der Waals surface area contributed by atoms with Crippen LogP contribution in [0.2, 0.25) is 0 Å². The molecule has 0 atom stereocenters. The number of hydrogen-bond acceptors (Lipinski definition) is 2. The van der Waals surface area contributed by atoms with Crippen molar-refractivity contribution in [2.24, 2.45) is 0 Å². The Bertz CT molecular complexity index is 1610. The van der Waals surface area contributed by atoms with Crippen molar-refractivity contribution >= 4 is 44.9 Å². The van der Waals surface area contributed by atoms with E-state index in [1.807, 2.05) is 0 Å². The molecule has 0 saturated carbocycles. The van der Waals surface area contributed by atoms with Gasteiger partial charge < -0.3 is 9.31 Å². The van der Waals surface area contributed by atoms with Gasteiger partial charge in [0.25, 0.3) is 0 Å². The highest BCUT2D eigenvalue weighted by Gasteiger charge is 2.51. The van der Waals surface area contributed by atoms with Gasteiger partial charge in [0, 0.05) is 0 Å². The van der Waals surface area contributed by atoms with E-state index in [0.717, 1.165) is 5.46 Å². The third kappa shape index (κ3) is 3.41. The van der Waals surface area contributed by atoms with Gasteiger partial charge in [-0.05, 0) is 108 Å². The van der Waals surface area contributed by atoms with Gasteiger partial charge in [-0.3, -0.25) is 0 Å². The van der Waals surface area contributed by atoms with E-state index in [0.29, 0.717) is 0 Å². The Balaban J connectivity index is 1.63. The van der Waals surface area contributed by atoms with E-state index in [4.69, 9.17) is 9.31 Å². The maximum absolute atomic E-state index is 6.38. The molecule has 0 aromatic heterocycles. The first-order valence-electron chi connectivity index (χ1n) is 12.5. The van der Waals surface area contributed by atoms with Gasteiger partial charge >= 0.3 is 7.12 Å². The summed E-state index contributed by atoms with van der Waals surface area (Å²) in [6.45, 7) is 12.8. The van der Waals surface area contributed by atoms with Crippen molar-refractivity contribution in [3.8, 4) is 11.1 Å². The maximum Gasteiger partial charge on any atom is 0.494 e. The van der Waals surface area contributed by atoms with Crippen LogP contribution in [-0.2, 0) is 9.31 Å². The molecule has 0 N–H and O–H groups in total. The van der Waals surface area contributed by atoms with Crippen molar-refractivity contribution in [3.63, 3.8) is 0 Å². The number of fused-ring (bicyclic) bond motifs is 6. The minimum absolute atomic E-state index is 0.363. The van der Waals surface area contributed by atoms with Crippen LogP contribution in [0.25, 0.3) is 43.4 Å². The van der Waals surface area contributed by atoms with Crippen LogP contribution in [0.15, 0.2) is 78.9 Å². The average Bonchev–Trinajstić information content (AvgIpc) is 3.06. The van der Waals surface area contributed by atoms with Crippen LogP contribution in [0, 0.1) is 13.8 Å². The molecular formula is C32H31BO2. The summed E-state index contributed by atoms with van der Waals surface area (Å²) in [5.41, 5.74) is 5.51. The second-order valence-corrected chi connectivity index (χ2v) is 11.0. The lowest BCUT2D eigenvalue weighted by molar-refractivity contribution is 0.00578. The summed E-state index contributed by atoms with van der Waals surface area (Å²) < 4.78 is 12.8. The summed E-state index contributed by atoms with van der Waals surface area (Å²) in [6.07, 6.45) is 0. The van der Waals surface area contributed by atoms with Crippen LogP contribution in [0.5, 0.6) is 0 Å². The van der Waals surface area contributed by atoms with Crippen molar-refractivity contribution in [3.05, 3.63) is 90.0 Å². The van der Waals surface area contributed by atoms with Gasteiger partial charge in [-0.2, -0.15) is 0 Å². The third-order valence-corrected chi connectivity index (χ3v) is 8.17. The summed E-state index contributed by atoms with van der Waals surface area (Å²) in [5.74, 6) is 0. The lowest BCUT2D eigenvalue weighted by Crippen LogP contribution is -2.41. The zero-order valence-electron chi connectivity index (χ0n) is 21.4. The summed E-state index contributed by atoms with van der Waals surface area (Å²) in [7, 11) is -0.376. The minimum Gasteiger partial charge on any atom is -0.399 e. The molecule has 1 aliphatic rings. The normalized spacial score (nSPS) is 17.0. The fraction of sp³-hybridized carbons (Fsp3) is 0.250. The zero-order valence-corrected chi connectivity index (χ0v) is 21.4. The highest BCUT2D eigenvalue weighted by Crippen LogP contribution is 2.40. The van der Waals surface area contributed by atoms with E-state index in [2.05, 4.69) is 120 Å². The Hall–Kier alpha value is -3.14. The van der Waals surface area contributed by atoms with E-state index < -0.39 is 0 Å². The number of hydrogen-bond donors (Lipinski definition) is 0. The van der Waals surface area contributed by atoms with Crippen LogP contribution >= 0.6 is 0 Å². The summed E-state index contributed by atoms with van der Waals surface area (Å²) in [6, 6.07) is 28.8. The Kier molecular flexibility index (Phi) is 4.90. The molecule has 0 amide bonds. The summed E-state index contributed by atoms with van der Waals surface area (Å²) in [4.78, 5) is 0. The molecule has 0 unspecified atom stereocenters. The lowest BCUT2D eigenvalue weighted by Gasteiger charge is -2.32. The fourth-order valence-electron chi connectivity index (χ4n) is 5.42. The molecule has 1 saturated heterocycles. The number of rotatable bonds is 2. The maximum atomic E-state index is 6.38. The molecule has 5 aromatic carbocycles. The zero-order chi connectivity index (χ0) is 24.5. The molecule has 0 bridgehead atoms. The van der Waals surface area contributed by atoms with Gasteiger partial charge in [0.1, 0.15) is 0 Å². The van der Waals surface area contributed by atoms with Gasteiger partial charge in [-0.25, -0.2) is 0 Å². The molecule has 0 spiro atoms. The molecule has 0 aliphatic carbocycles. The highest BCUT2D eigenvalue weighted by molar-refractivity contribution is 6.62. The smallest absolute Gasteiger partial charge is 0.399 e. The molecule has 0 radical (unpaired) electrons. The van der Waals surface area contributed by atoms with Gasteiger partial charge in [-0.1, -0.05) is 72.8 Å². The summed E-state index contributed by atoms with van der Waals surface area (Å²) >= 11 is 0. The first-order chi connectivity index (χ1) is 16.7. The highest BCUT2D eigenvalue weighted by atomic mass is 16.7. The first kappa shape index (κ1) is 22.3. The molecule has 35 heavy (non-hydrogen) atoms. The molecule has 174 valence electrons. The lowest BCUT2D eigenvalue weighted by atomic mass is 9.77. The quantitative estimate of drug-likeness (QED) is 0.199. The first-order valence-corrected chi connectivity index (χ1v) is 12.5. The molecule has 3 heteroatoms. The van der Waals surface area contributed by atoms with E-state index in [1.165, 1.54) is 54.6 Å². The average molecular weight is 458 g/mol. The molecular weight excluding hydrogens is 427 g/mol. The van der Waals surface area contributed by atoms with E-state index in [1.54, 1.807) is 0 Å². The molecule has 1 fully saturated rings. The SMILES string of the molecule is Cc1ccccc1-c1cc2c3ccc(B4OC(C)(C)C(C)(C)O4)cc3c3ccccc3c2cc1C. The monoisotopic (exact) mass is 458 g/mol. The van der Waals surface area contributed by atoms with E-state index >= 15 is 0 Å². The second-order valence-electron chi connectivity index (χ2n) is 11.0. The predicted molar refractivity (Wildman–Crippen MR) is 150 cm³/mol. The predicted octanol–water partition coefficient (Wildman–Crippen LogP) is 7.73. The number of benzene rings is 5. The molecule has 1 heterocycles. The minimum atomic E-state index is -0.376. The van der Waals surface area contributed by atoms with Crippen LogP contribution < -0.4 is 5.46 Å². The Morgan fingerprint density at radius 1 is 0.514 bits per heavy atom. The Morgan fingerprint density at radius 2 is 1.06 bits per heavy atom. The van der Waals surface area contributed by atoms with Crippen molar-refractivity contribution in [2.45, 2.75) is 52.7 Å². The van der Waals surface area contributed by atoms with Crippen LogP contribution in [0.1, 0.15) is 38.8 Å². The molecule has 1 aliphatic heterocycles. The van der Waals surface area contributed by atoms with E-state index in [-0.39, 0.29) is 18.3 Å². The van der Waals surface area contributed by atoms with Gasteiger partial charge in [0.15, 0.2) is 0 Å².